The van der Waals surface area contributed by atoms with E-state index in [9.17, 15) is 4.39 Å². The van der Waals surface area contributed by atoms with Crippen LogP contribution in [0.4, 0.5) is 4.39 Å². The van der Waals surface area contributed by atoms with E-state index in [2.05, 4.69) is 18.2 Å². The minimum absolute atomic E-state index is 0.268. The molecule has 1 N–H and O–H groups in total. The van der Waals surface area contributed by atoms with Crippen molar-refractivity contribution >= 4 is 0 Å². The van der Waals surface area contributed by atoms with Gasteiger partial charge >= 0.3 is 0 Å². The number of nitrogens with one attached hydrogen (secondary N) is 1. The Balaban J connectivity index is 2.57. The average molecular weight is 235 g/mol. The quantitative estimate of drug-likeness (QED) is 0.765. The standard InChI is InChI=1S/C14H18FNO/c1-4-6-12(5-2)16-10-11-7-8-14(17-3)13(15)9-11/h1,7-9,12,16H,5-6,10H2,2-3H3. The topological polar surface area (TPSA) is 21.3 Å². The highest BCUT2D eigenvalue weighted by atomic mass is 19.1. The van der Waals surface area contributed by atoms with Crippen molar-refractivity contribution < 1.29 is 9.13 Å². The highest BCUT2D eigenvalue weighted by molar-refractivity contribution is 5.29. The van der Waals surface area contributed by atoms with Crippen LogP contribution < -0.4 is 10.1 Å². The normalized spacial score (nSPS) is 11.9. The molecule has 0 saturated heterocycles. The molecule has 0 aromatic heterocycles. The monoisotopic (exact) mass is 235 g/mol. The number of ether oxygens (including phenoxy) is 1. The van der Waals surface area contributed by atoms with E-state index in [1.807, 2.05) is 6.07 Å². The molecular formula is C14H18FNO. The van der Waals surface area contributed by atoms with Crippen LogP contribution in [-0.4, -0.2) is 13.2 Å². The van der Waals surface area contributed by atoms with E-state index in [0.717, 1.165) is 12.0 Å². The van der Waals surface area contributed by atoms with Crippen molar-refractivity contribution in [3.8, 4) is 18.1 Å². The Labute approximate surface area is 102 Å². The van der Waals surface area contributed by atoms with Crippen LogP contribution in [-0.2, 0) is 6.54 Å². The summed E-state index contributed by atoms with van der Waals surface area (Å²) in [4.78, 5) is 0. The van der Waals surface area contributed by atoms with Gasteiger partial charge in [-0.15, -0.1) is 12.3 Å². The first-order valence-electron chi connectivity index (χ1n) is 5.70. The first kappa shape index (κ1) is 13.5. The molecule has 0 saturated carbocycles. The van der Waals surface area contributed by atoms with Crippen molar-refractivity contribution in [2.24, 2.45) is 0 Å². The first-order valence-corrected chi connectivity index (χ1v) is 5.70. The molecule has 92 valence electrons. The summed E-state index contributed by atoms with van der Waals surface area (Å²) in [5.41, 5.74) is 0.888. The van der Waals surface area contributed by atoms with Gasteiger partial charge in [-0.25, -0.2) is 4.39 Å². The molecule has 1 atom stereocenters. The second kappa shape index (κ2) is 6.93. The third kappa shape index (κ3) is 4.08. The van der Waals surface area contributed by atoms with Gasteiger partial charge in [-0.3, -0.25) is 0 Å². The van der Waals surface area contributed by atoms with Gasteiger partial charge in [0.1, 0.15) is 0 Å². The number of hydrogen-bond donors (Lipinski definition) is 1. The Morgan fingerprint density at radius 3 is 2.82 bits per heavy atom. The molecule has 2 nitrogen and oxygen atoms in total. The lowest BCUT2D eigenvalue weighted by atomic mass is 10.1. The molecule has 17 heavy (non-hydrogen) atoms. The molecule has 0 radical (unpaired) electrons. The highest BCUT2D eigenvalue weighted by Crippen LogP contribution is 2.17. The molecular weight excluding hydrogens is 217 g/mol. The number of halogens is 1. The lowest BCUT2D eigenvalue weighted by Gasteiger charge is -2.14. The van der Waals surface area contributed by atoms with E-state index >= 15 is 0 Å². The van der Waals surface area contributed by atoms with Crippen LogP contribution in [0.5, 0.6) is 5.75 Å². The third-order valence-electron chi connectivity index (χ3n) is 2.67. The van der Waals surface area contributed by atoms with Crippen LogP contribution in [0.25, 0.3) is 0 Å². The fourth-order valence-corrected chi connectivity index (χ4v) is 1.59. The Hall–Kier alpha value is -1.53. The number of benzene rings is 1. The molecule has 1 aromatic carbocycles. The maximum atomic E-state index is 13.4. The Morgan fingerprint density at radius 2 is 2.29 bits per heavy atom. The van der Waals surface area contributed by atoms with E-state index in [4.69, 9.17) is 11.2 Å². The molecule has 1 unspecified atom stereocenters. The largest absolute Gasteiger partial charge is 0.494 e. The van der Waals surface area contributed by atoms with Crippen molar-refractivity contribution in [3.05, 3.63) is 29.6 Å². The molecule has 1 rings (SSSR count). The van der Waals surface area contributed by atoms with Crippen LogP contribution in [0.3, 0.4) is 0 Å². The van der Waals surface area contributed by atoms with Crippen molar-refractivity contribution in [1.82, 2.24) is 5.32 Å². The van der Waals surface area contributed by atoms with Gasteiger partial charge in [0.05, 0.1) is 7.11 Å². The smallest absolute Gasteiger partial charge is 0.165 e. The fraction of sp³-hybridized carbons (Fsp3) is 0.429. The van der Waals surface area contributed by atoms with Crippen LogP contribution in [0.15, 0.2) is 18.2 Å². The molecule has 1 aromatic rings. The van der Waals surface area contributed by atoms with E-state index in [-0.39, 0.29) is 17.6 Å². The Bertz CT molecular complexity index is 398. The first-order chi connectivity index (χ1) is 8.21. The zero-order valence-electron chi connectivity index (χ0n) is 10.3. The van der Waals surface area contributed by atoms with Crippen LogP contribution in [0, 0.1) is 18.2 Å². The summed E-state index contributed by atoms with van der Waals surface area (Å²) in [7, 11) is 1.45. The maximum Gasteiger partial charge on any atom is 0.165 e. The van der Waals surface area contributed by atoms with Gasteiger partial charge in [0.25, 0.3) is 0 Å². The van der Waals surface area contributed by atoms with Gasteiger partial charge in [-0.2, -0.15) is 0 Å². The van der Waals surface area contributed by atoms with Crippen LogP contribution >= 0.6 is 0 Å². The lowest BCUT2D eigenvalue weighted by Crippen LogP contribution is -2.27. The van der Waals surface area contributed by atoms with E-state index < -0.39 is 0 Å². The molecule has 0 fully saturated rings. The summed E-state index contributed by atoms with van der Waals surface area (Å²) < 4.78 is 18.3. The molecule has 0 bridgehead atoms. The van der Waals surface area contributed by atoms with Crippen molar-refractivity contribution in [2.75, 3.05) is 7.11 Å². The van der Waals surface area contributed by atoms with Crippen LogP contribution in [0.1, 0.15) is 25.3 Å². The van der Waals surface area contributed by atoms with Gasteiger partial charge in [-0.1, -0.05) is 13.0 Å². The molecule has 0 aliphatic rings. The molecule has 0 spiro atoms. The van der Waals surface area contributed by atoms with Crippen molar-refractivity contribution in [1.29, 1.82) is 0 Å². The van der Waals surface area contributed by atoms with Gasteiger partial charge in [0, 0.05) is 19.0 Å². The minimum Gasteiger partial charge on any atom is -0.494 e. The molecule has 0 amide bonds. The van der Waals surface area contributed by atoms with Gasteiger partial charge in [-0.05, 0) is 24.1 Å². The number of terminal acetylenes is 1. The fourth-order valence-electron chi connectivity index (χ4n) is 1.59. The predicted octanol–water partition coefficient (Wildman–Crippen LogP) is 2.73. The summed E-state index contributed by atoms with van der Waals surface area (Å²) in [6.45, 7) is 2.69. The SMILES string of the molecule is C#CCC(CC)NCc1ccc(OC)c(F)c1. The van der Waals surface area contributed by atoms with E-state index in [1.54, 1.807) is 6.07 Å². The summed E-state index contributed by atoms with van der Waals surface area (Å²) in [5, 5.41) is 3.30. The van der Waals surface area contributed by atoms with Gasteiger partial charge in [0.2, 0.25) is 0 Å². The Morgan fingerprint density at radius 1 is 1.53 bits per heavy atom. The Kier molecular flexibility index (Phi) is 5.51. The minimum atomic E-state index is -0.336. The summed E-state index contributed by atoms with van der Waals surface area (Å²) in [6, 6.07) is 5.24. The highest BCUT2D eigenvalue weighted by Gasteiger charge is 2.06. The van der Waals surface area contributed by atoms with Crippen molar-refractivity contribution in [2.45, 2.75) is 32.4 Å². The number of hydrogen-bond acceptors (Lipinski definition) is 2. The second-order valence-corrected chi connectivity index (χ2v) is 3.86. The zero-order valence-corrected chi connectivity index (χ0v) is 10.3. The zero-order chi connectivity index (χ0) is 12.7. The molecule has 0 heterocycles. The second-order valence-electron chi connectivity index (χ2n) is 3.86. The van der Waals surface area contributed by atoms with E-state index in [1.165, 1.54) is 13.2 Å². The molecule has 3 heteroatoms. The predicted molar refractivity (Wildman–Crippen MR) is 67.3 cm³/mol. The lowest BCUT2D eigenvalue weighted by molar-refractivity contribution is 0.386. The van der Waals surface area contributed by atoms with Gasteiger partial charge < -0.3 is 10.1 Å². The van der Waals surface area contributed by atoms with Gasteiger partial charge in [0.15, 0.2) is 11.6 Å². The summed E-state index contributed by atoms with van der Waals surface area (Å²) in [5.74, 6) is 2.56. The number of methoxy groups -OCH3 is 1. The van der Waals surface area contributed by atoms with Crippen LogP contribution in [0.2, 0.25) is 0 Å². The third-order valence-corrected chi connectivity index (χ3v) is 2.67. The number of rotatable bonds is 6. The van der Waals surface area contributed by atoms with Crippen molar-refractivity contribution in [3.63, 3.8) is 0 Å². The van der Waals surface area contributed by atoms with E-state index in [0.29, 0.717) is 13.0 Å². The summed E-state index contributed by atoms with van der Waals surface area (Å²) >= 11 is 0. The average Bonchev–Trinajstić information content (AvgIpc) is 2.34. The summed E-state index contributed by atoms with van der Waals surface area (Å²) in [6.07, 6.45) is 6.92. The molecule has 0 aliphatic carbocycles. The maximum absolute atomic E-state index is 13.4. The molecule has 0 aliphatic heterocycles.